The van der Waals surface area contributed by atoms with Crippen molar-refractivity contribution in [3.05, 3.63) is 75.2 Å². The Bertz CT molecular complexity index is 982. The lowest BCUT2D eigenvalue weighted by atomic mass is 10.1. The van der Waals surface area contributed by atoms with Gasteiger partial charge in [0, 0.05) is 6.54 Å². The maximum Gasteiger partial charge on any atom is 0.282 e. The summed E-state index contributed by atoms with van der Waals surface area (Å²) in [5, 5.41) is 12.1. The molecule has 3 rings (SSSR count). The lowest BCUT2D eigenvalue weighted by molar-refractivity contribution is 0.0950. The number of rotatable bonds is 8. The Kier molecular flexibility index (Phi) is 7.38. The molecule has 0 saturated carbocycles. The summed E-state index contributed by atoms with van der Waals surface area (Å²) in [6, 6.07) is 15.6. The number of ether oxygens (including phenoxy) is 1. The predicted molar refractivity (Wildman–Crippen MR) is 118 cm³/mol. The van der Waals surface area contributed by atoms with Crippen molar-refractivity contribution in [1.29, 1.82) is 0 Å². The summed E-state index contributed by atoms with van der Waals surface area (Å²) in [6.07, 6.45) is 2.76. The van der Waals surface area contributed by atoms with Crippen LogP contribution in [0.5, 0.6) is 5.75 Å². The minimum Gasteiger partial charge on any atom is -0.494 e. The molecule has 1 aromatic heterocycles. The van der Waals surface area contributed by atoms with Crippen LogP contribution in [0.2, 0.25) is 0 Å². The predicted octanol–water partition coefficient (Wildman–Crippen LogP) is 5.30. The van der Waals surface area contributed by atoms with Gasteiger partial charge >= 0.3 is 0 Å². The number of aromatic nitrogens is 2. The first-order valence-electron chi connectivity index (χ1n) is 9.33. The lowest BCUT2D eigenvalue weighted by Gasteiger charge is -2.04. The molecule has 1 amide bonds. The summed E-state index contributed by atoms with van der Waals surface area (Å²) < 4.78 is 5.57. The normalized spacial score (nSPS) is 11.3. The molecule has 1 heterocycles. The molecule has 29 heavy (non-hydrogen) atoms. The van der Waals surface area contributed by atoms with Crippen LogP contribution < -0.4 is 10.1 Å². The summed E-state index contributed by atoms with van der Waals surface area (Å²) >= 11 is 7.54. The number of nitrogens with one attached hydrogen (secondary N) is 1. The zero-order valence-corrected chi connectivity index (χ0v) is 17.9. The Hall–Kier alpha value is -2.70. The summed E-state index contributed by atoms with van der Waals surface area (Å²) in [5.74, 6) is 0.555. The molecule has 5 nitrogen and oxygen atoms in total. The molecule has 0 atom stereocenters. The van der Waals surface area contributed by atoms with E-state index in [0.29, 0.717) is 23.2 Å². The number of halogens is 1. The molecule has 0 unspecified atom stereocenters. The number of amides is 1. The monoisotopic (exact) mass is 427 g/mol. The van der Waals surface area contributed by atoms with Gasteiger partial charge in [-0.1, -0.05) is 71.8 Å². The molecule has 0 aliphatic heterocycles. The highest BCUT2D eigenvalue weighted by Gasteiger charge is 2.14. The molecular formula is C22H22ClN3O2S. The Morgan fingerprint density at radius 1 is 1.10 bits per heavy atom. The van der Waals surface area contributed by atoms with Crippen molar-refractivity contribution in [3.63, 3.8) is 0 Å². The molecule has 2 aromatic carbocycles. The lowest BCUT2D eigenvalue weighted by Crippen LogP contribution is -2.22. The summed E-state index contributed by atoms with van der Waals surface area (Å²) in [6.45, 7) is 5.21. The average Bonchev–Trinajstić information content (AvgIpc) is 3.23. The third-order valence-electron chi connectivity index (χ3n) is 4.04. The van der Waals surface area contributed by atoms with E-state index in [4.69, 9.17) is 16.3 Å². The molecule has 1 N–H and O–H groups in total. The third kappa shape index (κ3) is 6.14. The first-order valence-corrected chi connectivity index (χ1v) is 10.5. The van der Waals surface area contributed by atoms with E-state index in [2.05, 4.69) is 22.4 Å². The van der Waals surface area contributed by atoms with Gasteiger partial charge in [-0.15, -0.1) is 10.2 Å². The molecule has 0 radical (unpaired) electrons. The van der Waals surface area contributed by atoms with E-state index in [0.717, 1.165) is 34.6 Å². The minimum absolute atomic E-state index is 0.267. The van der Waals surface area contributed by atoms with Gasteiger partial charge in [-0.3, -0.25) is 4.79 Å². The topological polar surface area (TPSA) is 64.1 Å². The van der Waals surface area contributed by atoms with Gasteiger partial charge < -0.3 is 10.1 Å². The highest BCUT2D eigenvalue weighted by Crippen LogP contribution is 2.26. The van der Waals surface area contributed by atoms with Gasteiger partial charge in [0.1, 0.15) is 5.75 Å². The van der Waals surface area contributed by atoms with Crippen LogP contribution in [0.25, 0.3) is 11.1 Å². The fraction of sp³-hybridized carbons (Fsp3) is 0.227. The molecule has 0 fully saturated rings. The fourth-order valence-corrected chi connectivity index (χ4v) is 3.41. The smallest absolute Gasteiger partial charge is 0.282 e. The van der Waals surface area contributed by atoms with Crippen LogP contribution in [0.3, 0.4) is 0 Å². The number of carbonyl (C=O) groups excluding carboxylic acids is 1. The van der Waals surface area contributed by atoms with Gasteiger partial charge in [0.25, 0.3) is 5.91 Å². The SMILES string of the molecule is CCCOc1ccc(/C=C(\Cl)c2nnc(C(=O)NCc3ccc(C)cc3)s2)cc1. The van der Waals surface area contributed by atoms with Crippen LogP contribution in [0.15, 0.2) is 48.5 Å². The summed E-state index contributed by atoms with van der Waals surface area (Å²) in [4.78, 5) is 12.3. The third-order valence-corrected chi connectivity index (χ3v) is 5.40. The first kappa shape index (κ1) is 21.0. The second-order valence-electron chi connectivity index (χ2n) is 6.49. The molecule has 3 aromatic rings. The first-order chi connectivity index (χ1) is 14.0. The Morgan fingerprint density at radius 3 is 2.48 bits per heavy atom. The maximum absolute atomic E-state index is 12.3. The maximum atomic E-state index is 12.3. The number of benzene rings is 2. The van der Waals surface area contributed by atoms with Crippen molar-refractivity contribution < 1.29 is 9.53 Å². The molecular weight excluding hydrogens is 406 g/mol. The standard InChI is InChI=1S/C22H22ClN3O2S/c1-3-12-28-18-10-8-16(9-11-18)13-19(23)21-25-26-22(29-21)20(27)24-14-17-6-4-15(2)5-7-17/h4-11,13H,3,12,14H2,1-2H3,(H,24,27)/b19-13-. The van der Waals surface area contributed by atoms with E-state index >= 15 is 0 Å². The van der Waals surface area contributed by atoms with E-state index in [9.17, 15) is 4.79 Å². The number of hydrogen-bond acceptors (Lipinski definition) is 5. The van der Waals surface area contributed by atoms with Gasteiger partial charge in [0.2, 0.25) is 5.01 Å². The van der Waals surface area contributed by atoms with E-state index in [1.807, 2.05) is 55.5 Å². The van der Waals surface area contributed by atoms with Crippen molar-refractivity contribution in [3.8, 4) is 5.75 Å². The van der Waals surface area contributed by atoms with Gasteiger partial charge in [0.05, 0.1) is 11.6 Å². The van der Waals surface area contributed by atoms with Crippen molar-refractivity contribution in [2.75, 3.05) is 6.61 Å². The number of carbonyl (C=O) groups is 1. The van der Waals surface area contributed by atoms with Gasteiger partial charge in [-0.25, -0.2) is 0 Å². The van der Waals surface area contributed by atoms with Crippen molar-refractivity contribution in [2.24, 2.45) is 0 Å². The fourth-order valence-electron chi connectivity index (χ4n) is 2.46. The summed E-state index contributed by atoms with van der Waals surface area (Å²) in [7, 11) is 0. The molecule has 0 saturated heterocycles. The Balaban J connectivity index is 1.61. The molecule has 0 aliphatic rings. The zero-order chi connectivity index (χ0) is 20.6. The van der Waals surface area contributed by atoms with Crippen molar-refractivity contribution in [1.82, 2.24) is 15.5 Å². The van der Waals surface area contributed by atoms with E-state index in [1.165, 1.54) is 5.56 Å². The van der Waals surface area contributed by atoms with Crippen molar-refractivity contribution in [2.45, 2.75) is 26.8 Å². The highest BCUT2D eigenvalue weighted by molar-refractivity contribution is 7.15. The Morgan fingerprint density at radius 2 is 1.79 bits per heavy atom. The molecule has 0 spiro atoms. The largest absolute Gasteiger partial charge is 0.494 e. The van der Waals surface area contributed by atoms with E-state index in [-0.39, 0.29) is 10.9 Å². The van der Waals surface area contributed by atoms with Gasteiger partial charge in [0.15, 0.2) is 5.01 Å². The second-order valence-corrected chi connectivity index (χ2v) is 7.88. The number of hydrogen-bond donors (Lipinski definition) is 1. The van der Waals surface area contributed by atoms with Crippen LogP contribution >= 0.6 is 22.9 Å². The molecule has 0 bridgehead atoms. The second kappa shape index (κ2) is 10.2. The minimum atomic E-state index is -0.267. The van der Waals surface area contributed by atoms with Gasteiger partial charge in [-0.2, -0.15) is 0 Å². The van der Waals surface area contributed by atoms with Crippen LogP contribution in [0.1, 0.15) is 44.8 Å². The van der Waals surface area contributed by atoms with Crippen molar-refractivity contribution >= 4 is 40.0 Å². The quantitative estimate of drug-likeness (QED) is 0.529. The molecule has 7 heteroatoms. The Labute approximate surface area is 179 Å². The zero-order valence-electron chi connectivity index (χ0n) is 16.3. The summed E-state index contributed by atoms with van der Waals surface area (Å²) in [5.41, 5.74) is 3.12. The number of aryl methyl sites for hydroxylation is 1. The van der Waals surface area contributed by atoms with E-state index in [1.54, 1.807) is 6.08 Å². The molecule has 150 valence electrons. The molecule has 0 aliphatic carbocycles. The van der Waals surface area contributed by atoms with E-state index < -0.39 is 0 Å². The van der Waals surface area contributed by atoms with Crippen LogP contribution in [-0.4, -0.2) is 22.7 Å². The van der Waals surface area contributed by atoms with Crippen LogP contribution in [0.4, 0.5) is 0 Å². The average molecular weight is 428 g/mol. The van der Waals surface area contributed by atoms with Crippen LogP contribution in [-0.2, 0) is 6.54 Å². The highest BCUT2D eigenvalue weighted by atomic mass is 35.5. The van der Waals surface area contributed by atoms with Crippen LogP contribution in [0, 0.1) is 6.92 Å². The van der Waals surface area contributed by atoms with Gasteiger partial charge in [-0.05, 0) is 42.7 Å². The number of nitrogens with zero attached hydrogens (tertiary/aromatic N) is 2.